The number of nitrogens with zero attached hydrogens (tertiary/aromatic N) is 1. The molecule has 1 aromatic rings. The molecule has 0 radical (unpaired) electrons. The lowest BCUT2D eigenvalue weighted by atomic mass is 9.88. The Labute approximate surface area is 156 Å². The molecule has 1 aliphatic heterocycles. The van der Waals surface area contributed by atoms with Crippen LogP contribution in [0, 0.1) is 11.7 Å². The molecule has 1 amide bonds. The number of piperidine rings is 1. The van der Waals surface area contributed by atoms with Crippen LogP contribution >= 0.6 is 11.6 Å². The fraction of sp³-hybridized carbons (Fsp3) is 0.562. The van der Waals surface area contributed by atoms with E-state index in [2.05, 4.69) is 4.18 Å². The molecule has 1 aliphatic rings. The summed E-state index contributed by atoms with van der Waals surface area (Å²) in [5.74, 6) is -0.915. The van der Waals surface area contributed by atoms with E-state index < -0.39 is 28.1 Å². The Morgan fingerprint density at radius 1 is 1.46 bits per heavy atom. The van der Waals surface area contributed by atoms with Crippen LogP contribution in [0.5, 0.6) is 0 Å². The Hall–Kier alpha value is -1.42. The predicted octanol–water partition coefficient (Wildman–Crippen LogP) is 2.90. The van der Waals surface area contributed by atoms with Gasteiger partial charge >= 0.3 is 6.09 Å². The summed E-state index contributed by atoms with van der Waals surface area (Å²) in [6.45, 7) is 0.298. The van der Waals surface area contributed by atoms with Gasteiger partial charge in [-0.3, -0.25) is 4.18 Å². The molecular formula is C16H21ClFNO6S. The van der Waals surface area contributed by atoms with E-state index in [9.17, 15) is 22.7 Å². The second-order valence-corrected chi connectivity index (χ2v) is 8.14. The lowest BCUT2D eigenvalue weighted by Crippen LogP contribution is -2.41. The number of halogens is 2. The number of benzene rings is 1. The molecule has 7 nitrogen and oxygen atoms in total. The minimum absolute atomic E-state index is 0.0608. The quantitative estimate of drug-likeness (QED) is 0.549. The molecule has 146 valence electrons. The van der Waals surface area contributed by atoms with Crippen LogP contribution in [0.2, 0.25) is 5.02 Å². The van der Waals surface area contributed by atoms with Crippen molar-refractivity contribution in [1.82, 2.24) is 4.90 Å². The minimum Gasteiger partial charge on any atom is -0.465 e. The number of ether oxygens (including phenoxy) is 1. The Kier molecular flexibility index (Phi) is 7.22. The van der Waals surface area contributed by atoms with Gasteiger partial charge in [-0.25, -0.2) is 9.18 Å². The summed E-state index contributed by atoms with van der Waals surface area (Å²) in [6.07, 6.45) is 0.388. The lowest BCUT2D eigenvalue weighted by Gasteiger charge is -2.35. The molecule has 0 aromatic heterocycles. The molecule has 0 spiro atoms. The van der Waals surface area contributed by atoms with E-state index in [1.807, 2.05) is 0 Å². The summed E-state index contributed by atoms with van der Waals surface area (Å²) >= 11 is 5.86. The molecule has 1 fully saturated rings. The molecule has 0 aliphatic carbocycles. The van der Waals surface area contributed by atoms with Crippen LogP contribution in [0.3, 0.4) is 0 Å². The van der Waals surface area contributed by atoms with E-state index in [4.69, 9.17) is 16.3 Å². The molecule has 1 N–H and O–H groups in total. The summed E-state index contributed by atoms with van der Waals surface area (Å²) < 4.78 is 46.9. The van der Waals surface area contributed by atoms with Crippen molar-refractivity contribution in [1.29, 1.82) is 0 Å². The fourth-order valence-electron chi connectivity index (χ4n) is 3.01. The van der Waals surface area contributed by atoms with Crippen molar-refractivity contribution in [2.45, 2.75) is 18.9 Å². The topological polar surface area (TPSA) is 93.1 Å². The van der Waals surface area contributed by atoms with Crippen molar-refractivity contribution in [3.8, 4) is 0 Å². The van der Waals surface area contributed by atoms with Crippen molar-refractivity contribution in [3.63, 3.8) is 0 Å². The largest absolute Gasteiger partial charge is 0.465 e. The van der Waals surface area contributed by atoms with Gasteiger partial charge in [-0.1, -0.05) is 23.7 Å². The highest BCUT2D eigenvalue weighted by Gasteiger charge is 2.33. The third kappa shape index (κ3) is 5.80. The van der Waals surface area contributed by atoms with Gasteiger partial charge in [-0.05, 0) is 18.9 Å². The zero-order valence-corrected chi connectivity index (χ0v) is 15.8. The molecule has 2 rings (SSSR count). The Morgan fingerprint density at radius 3 is 2.85 bits per heavy atom. The third-order valence-electron chi connectivity index (χ3n) is 4.12. The van der Waals surface area contributed by atoms with Crippen molar-refractivity contribution in [2.75, 3.05) is 32.6 Å². The maximum absolute atomic E-state index is 14.5. The monoisotopic (exact) mass is 409 g/mol. The number of hydrogen-bond acceptors (Lipinski definition) is 5. The second kappa shape index (κ2) is 8.98. The van der Waals surface area contributed by atoms with Crippen LogP contribution in [0.1, 0.15) is 24.5 Å². The first-order chi connectivity index (χ1) is 12.2. The normalized spacial score (nSPS) is 19.3. The third-order valence-corrected chi connectivity index (χ3v) is 5.01. The SMILES string of the molecule is CS(=O)(=O)OCCOC(c1cccc(Cl)c1F)C1CCCN(C(=O)O)C1. The van der Waals surface area contributed by atoms with Gasteiger partial charge in [0.25, 0.3) is 10.1 Å². The van der Waals surface area contributed by atoms with Crippen molar-refractivity contribution in [3.05, 3.63) is 34.6 Å². The van der Waals surface area contributed by atoms with E-state index in [1.54, 1.807) is 6.07 Å². The highest BCUT2D eigenvalue weighted by atomic mass is 35.5. The molecule has 0 bridgehead atoms. The summed E-state index contributed by atoms with van der Waals surface area (Å²) in [5.41, 5.74) is 0.217. The Balaban J connectivity index is 2.18. The zero-order chi connectivity index (χ0) is 19.3. The van der Waals surface area contributed by atoms with E-state index in [-0.39, 0.29) is 36.3 Å². The van der Waals surface area contributed by atoms with Crippen LogP contribution in [-0.4, -0.2) is 57.1 Å². The average molecular weight is 410 g/mol. The molecule has 1 heterocycles. The average Bonchev–Trinajstić information content (AvgIpc) is 2.57. The summed E-state index contributed by atoms with van der Waals surface area (Å²) in [4.78, 5) is 12.5. The number of carboxylic acid groups (broad SMARTS) is 1. The van der Waals surface area contributed by atoms with Gasteiger partial charge in [0.1, 0.15) is 5.82 Å². The maximum atomic E-state index is 14.5. The summed E-state index contributed by atoms with van der Waals surface area (Å²) in [6, 6.07) is 4.53. The van der Waals surface area contributed by atoms with Crippen molar-refractivity contribution in [2.24, 2.45) is 5.92 Å². The molecule has 1 saturated heterocycles. The van der Waals surface area contributed by atoms with Gasteiger partial charge in [0, 0.05) is 24.6 Å². The first kappa shape index (κ1) is 20.9. The summed E-state index contributed by atoms with van der Waals surface area (Å²) in [5, 5.41) is 9.15. The minimum atomic E-state index is -3.61. The van der Waals surface area contributed by atoms with Crippen molar-refractivity contribution < 1.29 is 31.6 Å². The number of hydrogen-bond donors (Lipinski definition) is 1. The van der Waals surface area contributed by atoms with E-state index in [0.29, 0.717) is 19.4 Å². The standard InChI is InChI=1S/C16H21ClFNO6S/c1-26(22,23)25-9-8-24-15(12-5-2-6-13(17)14(12)18)11-4-3-7-19(10-11)16(20)21/h2,5-6,11,15H,3-4,7-10H2,1H3,(H,20,21). The molecule has 26 heavy (non-hydrogen) atoms. The maximum Gasteiger partial charge on any atom is 0.407 e. The first-order valence-corrected chi connectivity index (χ1v) is 10.3. The van der Waals surface area contributed by atoms with Gasteiger partial charge in [-0.15, -0.1) is 0 Å². The molecule has 10 heteroatoms. The molecule has 2 atom stereocenters. The van der Waals surface area contributed by atoms with Gasteiger partial charge < -0.3 is 14.7 Å². The molecule has 1 aromatic carbocycles. The van der Waals surface area contributed by atoms with Gasteiger partial charge in [0.2, 0.25) is 0 Å². The highest BCUT2D eigenvalue weighted by Crippen LogP contribution is 2.35. The zero-order valence-electron chi connectivity index (χ0n) is 14.2. The molecular weight excluding hydrogens is 389 g/mol. The predicted molar refractivity (Wildman–Crippen MR) is 93.2 cm³/mol. The van der Waals surface area contributed by atoms with Crippen molar-refractivity contribution >= 4 is 27.8 Å². The Morgan fingerprint density at radius 2 is 2.19 bits per heavy atom. The van der Waals surface area contributed by atoms with Crippen LogP contribution in [0.25, 0.3) is 0 Å². The molecule has 0 saturated carbocycles. The first-order valence-electron chi connectivity index (χ1n) is 8.07. The van der Waals surface area contributed by atoms with E-state index in [0.717, 1.165) is 6.26 Å². The van der Waals surface area contributed by atoms with E-state index >= 15 is 0 Å². The smallest absolute Gasteiger partial charge is 0.407 e. The Bertz CT molecular complexity index is 744. The van der Waals surface area contributed by atoms with Gasteiger partial charge in [-0.2, -0.15) is 8.42 Å². The van der Waals surface area contributed by atoms with E-state index in [1.165, 1.54) is 17.0 Å². The van der Waals surface area contributed by atoms with Crippen LogP contribution in [0.15, 0.2) is 18.2 Å². The number of rotatable bonds is 7. The highest BCUT2D eigenvalue weighted by molar-refractivity contribution is 7.85. The fourth-order valence-corrected chi connectivity index (χ4v) is 3.56. The number of carbonyl (C=O) groups is 1. The number of amides is 1. The van der Waals surface area contributed by atoms with Crippen LogP contribution in [-0.2, 0) is 19.0 Å². The van der Waals surface area contributed by atoms with Gasteiger partial charge in [0.15, 0.2) is 0 Å². The second-order valence-electron chi connectivity index (χ2n) is 6.09. The van der Waals surface area contributed by atoms with Crippen LogP contribution < -0.4 is 0 Å². The number of likely N-dealkylation sites (tertiary alicyclic amines) is 1. The lowest BCUT2D eigenvalue weighted by molar-refractivity contribution is -0.0244. The van der Waals surface area contributed by atoms with Gasteiger partial charge in [0.05, 0.1) is 30.6 Å². The summed E-state index contributed by atoms with van der Waals surface area (Å²) in [7, 11) is -3.61. The molecule has 2 unspecified atom stereocenters. The van der Waals surface area contributed by atoms with Crippen LogP contribution in [0.4, 0.5) is 9.18 Å².